The second-order valence-electron chi connectivity index (χ2n) is 6.92. The van der Waals surface area contributed by atoms with Gasteiger partial charge in [0.1, 0.15) is 0 Å². The first kappa shape index (κ1) is 25.1. The Hall–Kier alpha value is -3.12. The number of sulfonamides is 1. The van der Waals surface area contributed by atoms with Gasteiger partial charge in [0.05, 0.1) is 43.6 Å². The number of carbonyl (C=O) groups excluding carboxylic acids is 2. The van der Waals surface area contributed by atoms with Gasteiger partial charge in [0.25, 0.3) is 0 Å². The molecule has 1 heterocycles. The number of thiocarbonyl (C=S) groups is 1. The van der Waals surface area contributed by atoms with E-state index in [1.807, 2.05) is 0 Å². The Bertz CT molecular complexity index is 1100. The minimum atomic E-state index is -3.55. The maximum Gasteiger partial charge on any atom is 0.336 e. The van der Waals surface area contributed by atoms with Crippen molar-refractivity contribution in [3.05, 3.63) is 52.4 Å². The lowest BCUT2D eigenvalue weighted by atomic mass is 9.80. The molecule has 0 amide bonds. The molecule has 1 atom stereocenters. The molecule has 1 aromatic carbocycles. The molecule has 0 saturated heterocycles. The molecule has 0 fully saturated rings. The summed E-state index contributed by atoms with van der Waals surface area (Å²) in [7, 11) is -2.31. The van der Waals surface area contributed by atoms with E-state index in [0.717, 1.165) is 6.26 Å². The highest BCUT2D eigenvalue weighted by atomic mass is 32.2. The number of carbonyl (C=O) groups is 2. The molecule has 0 bridgehead atoms. The maximum absolute atomic E-state index is 13.0. The molecule has 12 heteroatoms. The van der Waals surface area contributed by atoms with Crippen molar-refractivity contribution in [1.82, 2.24) is 10.6 Å². The van der Waals surface area contributed by atoms with Crippen LogP contribution in [0, 0.1) is 0 Å². The third-order valence-corrected chi connectivity index (χ3v) is 5.26. The minimum Gasteiger partial charge on any atom is -0.466 e. The van der Waals surface area contributed by atoms with E-state index >= 15 is 0 Å². The van der Waals surface area contributed by atoms with E-state index in [4.69, 9.17) is 27.4 Å². The first-order chi connectivity index (χ1) is 15.0. The van der Waals surface area contributed by atoms with Gasteiger partial charge in [0.15, 0.2) is 5.11 Å². The van der Waals surface area contributed by atoms with Gasteiger partial charge in [0.2, 0.25) is 10.0 Å². The topological polar surface area (TPSA) is 149 Å². The smallest absolute Gasteiger partial charge is 0.336 e. The average molecular weight is 483 g/mol. The summed E-state index contributed by atoms with van der Waals surface area (Å²) in [5.41, 5.74) is 7.51. The molecule has 32 heavy (non-hydrogen) atoms. The molecule has 2 rings (SSSR count). The first-order valence-corrected chi connectivity index (χ1v) is 11.9. The lowest BCUT2D eigenvalue weighted by Crippen LogP contribution is -2.39. The normalized spacial score (nSPS) is 16.2. The number of nitrogens with two attached hydrogens (primary N) is 1. The Balaban J connectivity index is 2.74. The van der Waals surface area contributed by atoms with Crippen molar-refractivity contribution in [3.8, 4) is 0 Å². The SMILES string of the molecule is CCOC(=O)C1=C(CNC(N)=S)NC(C)=C(C(=O)OC)C1c1cccc(NS(C)(=O)=O)c1. The van der Waals surface area contributed by atoms with Crippen LogP contribution in [0.15, 0.2) is 46.8 Å². The molecular weight excluding hydrogens is 456 g/mol. The number of methoxy groups -OCH3 is 1. The van der Waals surface area contributed by atoms with E-state index in [-0.39, 0.29) is 35.1 Å². The van der Waals surface area contributed by atoms with Gasteiger partial charge in [-0.3, -0.25) is 4.72 Å². The summed E-state index contributed by atoms with van der Waals surface area (Å²) in [6.45, 7) is 3.51. The third kappa shape index (κ3) is 6.20. The summed E-state index contributed by atoms with van der Waals surface area (Å²) >= 11 is 4.87. The van der Waals surface area contributed by atoms with E-state index < -0.39 is 27.9 Å². The van der Waals surface area contributed by atoms with Crippen molar-refractivity contribution in [3.63, 3.8) is 0 Å². The van der Waals surface area contributed by atoms with Gasteiger partial charge in [-0.25, -0.2) is 18.0 Å². The van der Waals surface area contributed by atoms with E-state index in [9.17, 15) is 18.0 Å². The number of rotatable bonds is 8. The largest absolute Gasteiger partial charge is 0.466 e. The number of hydrogen-bond acceptors (Lipinski definition) is 8. The maximum atomic E-state index is 13.0. The molecule has 1 aliphatic rings. The van der Waals surface area contributed by atoms with Gasteiger partial charge < -0.3 is 25.8 Å². The fraction of sp³-hybridized carbons (Fsp3) is 0.350. The van der Waals surface area contributed by atoms with Crippen LogP contribution in [0.4, 0.5) is 5.69 Å². The van der Waals surface area contributed by atoms with Crippen LogP contribution < -0.4 is 21.1 Å². The van der Waals surface area contributed by atoms with Gasteiger partial charge in [-0.2, -0.15) is 0 Å². The van der Waals surface area contributed by atoms with Crippen LogP contribution >= 0.6 is 12.2 Å². The van der Waals surface area contributed by atoms with Crippen LogP contribution in [0.5, 0.6) is 0 Å². The highest BCUT2D eigenvalue weighted by Gasteiger charge is 2.38. The molecule has 10 nitrogen and oxygen atoms in total. The molecule has 5 N–H and O–H groups in total. The van der Waals surface area contributed by atoms with Crippen molar-refractivity contribution in [1.29, 1.82) is 0 Å². The Morgan fingerprint density at radius 1 is 1.25 bits per heavy atom. The molecule has 1 aromatic rings. The highest BCUT2D eigenvalue weighted by molar-refractivity contribution is 7.92. The molecule has 0 radical (unpaired) electrons. The van der Waals surface area contributed by atoms with Crippen LogP contribution in [-0.2, 0) is 29.1 Å². The standard InChI is InChI=1S/C20H26N4O6S2/c1-5-30-19(26)17-14(10-22-20(21)31)23-11(2)15(18(25)29-3)16(17)12-7-6-8-13(9-12)24-32(4,27)28/h6-9,16,23-24H,5,10H2,1-4H3,(H3,21,22,31). The Labute approximate surface area is 192 Å². The predicted octanol–water partition coefficient (Wildman–Crippen LogP) is 0.842. The molecular formula is C20H26N4O6S2. The number of dihydropyridines is 1. The highest BCUT2D eigenvalue weighted by Crippen LogP contribution is 2.40. The summed E-state index contributed by atoms with van der Waals surface area (Å²) in [6, 6.07) is 6.40. The van der Waals surface area contributed by atoms with Gasteiger partial charge in [-0.05, 0) is 43.8 Å². The van der Waals surface area contributed by atoms with Crippen molar-refractivity contribution in [2.75, 3.05) is 31.2 Å². The number of allylic oxidation sites excluding steroid dienone is 1. The number of hydrogen-bond donors (Lipinski definition) is 4. The van der Waals surface area contributed by atoms with Crippen LogP contribution in [0.1, 0.15) is 25.3 Å². The third-order valence-electron chi connectivity index (χ3n) is 4.51. The zero-order valence-corrected chi connectivity index (χ0v) is 19.8. The second-order valence-corrected chi connectivity index (χ2v) is 9.11. The van der Waals surface area contributed by atoms with Gasteiger partial charge in [-0.15, -0.1) is 0 Å². The molecule has 0 saturated carbocycles. The van der Waals surface area contributed by atoms with Gasteiger partial charge >= 0.3 is 11.9 Å². The predicted molar refractivity (Wildman–Crippen MR) is 124 cm³/mol. The van der Waals surface area contributed by atoms with Crippen molar-refractivity contribution < 1.29 is 27.5 Å². The summed E-state index contributed by atoms with van der Waals surface area (Å²) in [6.07, 6.45) is 1.03. The summed E-state index contributed by atoms with van der Waals surface area (Å²) in [4.78, 5) is 25.7. The number of nitrogens with one attached hydrogen (secondary N) is 3. The molecule has 0 spiro atoms. The number of anilines is 1. The minimum absolute atomic E-state index is 0.0267. The lowest BCUT2D eigenvalue weighted by molar-refractivity contribution is -0.139. The fourth-order valence-corrected chi connectivity index (χ4v) is 4.00. The second kappa shape index (κ2) is 10.5. The monoisotopic (exact) mass is 482 g/mol. The van der Waals surface area contributed by atoms with Crippen molar-refractivity contribution >= 4 is 45.0 Å². The van der Waals surface area contributed by atoms with E-state index in [1.54, 1.807) is 38.1 Å². The first-order valence-electron chi connectivity index (χ1n) is 9.55. The summed E-state index contributed by atoms with van der Waals surface area (Å²) in [5, 5.41) is 5.86. The zero-order valence-electron chi connectivity index (χ0n) is 18.1. The molecule has 174 valence electrons. The Morgan fingerprint density at radius 3 is 2.50 bits per heavy atom. The Morgan fingerprint density at radius 2 is 1.94 bits per heavy atom. The van der Waals surface area contributed by atoms with Crippen LogP contribution in [0.2, 0.25) is 0 Å². The summed E-state index contributed by atoms with van der Waals surface area (Å²) < 4.78 is 36.0. The average Bonchev–Trinajstić information content (AvgIpc) is 2.70. The molecule has 1 unspecified atom stereocenters. The quantitative estimate of drug-likeness (QED) is 0.310. The van der Waals surface area contributed by atoms with Crippen molar-refractivity contribution in [2.24, 2.45) is 5.73 Å². The summed E-state index contributed by atoms with van der Waals surface area (Å²) in [5.74, 6) is -2.20. The number of esters is 2. The van der Waals surface area contributed by atoms with Crippen LogP contribution in [0.25, 0.3) is 0 Å². The van der Waals surface area contributed by atoms with E-state index in [1.165, 1.54) is 7.11 Å². The number of benzene rings is 1. The van der Waals surface area contributed by atoms with Crippen LogP contribution in [-0.4, -0.2) is 52.0 Å². The van der Waals surface area contributed by atoms with E-state index in [2.05, 4.69) is 15.4 Å². The van der Waals surface area contributed by atoms with E-state index in [0.29, 0.717) is 17.0 Å². The van der Waals surface area contributed by atoms with Gasteiger partial charge in [0, 0.05) is 17.1 Å². The lowest BCUT2D eigenvalue weighted by Gasteiger charge is -2.31. The fourth-order valence-electron chi connectivity index (χ4n) is 3.37. The molecule has 1 aliphatic heterocycles. The van der Waals surface area contributed by atoms with Crippen LogP contribution in [0.3, 0.4) is 0 Å². The van der Waals surface area contributed by atoms with Crippen molar-refractivity contribution in [2.45, 2.75) is 19.8 Å². The molecule has 0 aliphatic carbocycles. The van der Waals surface area contributed by atoms with Gasteiger partial charge in [-0.1, -0.05) is 12.1 Å². The molecule has 0 aromatic heterocycles. The zero-order chi connectivity index (χ0) is 24.1. The Kier molecular flexibility index (Phi) is 8.22. The number of ether oxygens (including phenoxy) is 2.